The third-order valence-electron chi connectivity index (χ3n) is 13.0. The molecule has 6 heteroatoms. The van der Waals surface area contributed by atoms with E-state index in [9.17, 15) is 14.4 Å². The Bertz CT molecular complexity index is 1510. The Hall–Kier alpha value is -3.93. The van der Waals surface area contributed by atoms with Crippen LogP contribution in [0.3, 0.4) is 0 Å². The predicted octanol–water partition coefficient (Wildman–Crippen LogP) is 21.0. The molecule has 0 saturated carbocycles. The van der Waals surface area contributed by atoms with E-state index in [-0.39, 0.29) is 31.1 Å². The number of carbonyl (C=O) groups excluding carboxylic acids is 3. The van der Waals surface area contributed by atoms with Gasteiger partial charge in [-0.25, -0.2) is 0 Å². The average Bonchev–Trinajstić information content (AvgIpc) is 3.40. The molecule has 1 atom stereocenters. The molecule has 0 aromatic heterocycles. The van der Waals surface area contributed by atoms with Crippen LogP contribution in [0.5, 0.6) is 0 Å². The van der Waals surface area contributed by atoms with Gasteiger partial charge in [-0.3, -0.25) is 14.4 Å². The summed E-state index contributed by atoms with van der Waals surface area (Å²) in [5.41, 5.74) is 0. The summed E-state index contributed by atoms with van der Waals surface area (Å²) in [6.07, 6.45) is 83.6. The Balaban J connectivity index is 4.45. The normalized spacial score (nSPS) is 12.9. The minimum Gasteiger partial charge on any atom is -0.462 e. The fourth-order valence-electron chi connectivity index (χ4n) is 8.39. The van der Waals surface area contributed by atoms with E-state index in [4.69, 9.17) is 14.2 Å². The molecule has 0 N–H and O–H groups in total. The van der Waals surface area contributed by atoms with Gasteiger partial charge >= 0.3 is 17.9 Å². The predicted molar refractivity (Wildman–Crippen MR) is 320 cm³/mol. The highest BCUT2D eigenvalue weighted by atomic mass is 16.6. The summed E-state index contributed by atoms with van der Waals surface area (Å²) < 4.78 is 16.9. The van der Waals surface area contributed by atoms with Gasteiger partial charge in [-0.15, -0.1) is 0 Å². The van der Waals surface area contributed by atoms with E-state index < -0.39 is 6.10 Å². The summed E-state index contributed by atoms with van der Waals surface area (Å²) in [6, 6.07) is 0. The van der Waals surface area contributed by atoms with Gasteiger partial charge in [0.15, 0.2) is 6.10 Å². The van der Waals surface area contributed by atoms with Gasteiger partial charge in [0.1, 0.15) is 13.2 Å². The van der Waals surface area contributed by atoms with Crippen LogP contribution in [0.1, 0.15) is 284 Å². The smallest absolute Gasteiger partial charge is 0.306 e. The standard InChI is InChI=1S/C68H114O6/c1-4-7-10-13-16-19-22-25-28-30-32-33-34-35-37-38-40-43-46-49-52-55-58-61-67(70)73-64-65(63-72-66(69)60-57-54-51-48-45-42-27-24-21-18-15-12-9-6-3)74-68(71)62-59-56-53-50-47-44-41-39-36-31-29-26-23-20-17-14-11-8-5-2/h7,10,16-17,19-20,25-26,28-29,32-33,35-37,39-40,43,65H,4-6,8-9,11-15,18,21-24,27,30-31,34,38,41-42,44-64H2,1-3H3/b10-7-,19-16-,20-17-,28-25-,29-26-,33-32-,37-35-,39-36-,43-40-. The molecule has 0 radical (unpaired) electrons. The maximum Gasteiger partial charge on any atom is 0.306 e. The molecule has 0 amide bonds. The van der Waals surface area contributed by atoms with Gasteiger partial charge in [0.2, 0.25) is 0 Å². The molecule has 0 bridgehead atoms. The van der Waals surface area contributed by atoms with E-state index in [1.165, 1.54) is 109 Å². The number of hydrogen-bond acceptors (Lipinski definition) is 6. The zero-order chi connectivity index (χ0) is 53.6. The largest absolute Gasteiger partial charge is 0.462 e. The third-order valence-corrected chi connectivity index (χ3v) is 13.0. The Morgan fingerprint density at radius 3 is 0.851 bits per heavy atom. The van der Waals surface area contributed by atoms with E-state index in [0.29, 0.717) is 19.3 Å². The number of ether oxygens (including phenoxy) is 3. The van der Waals surface area contributed by atoms with Crippen molar-refractivity contribution in [3.05, 3.63) is 109 Å². The molecule has 422 valence electrons. The summed E-state index contributed by atoms with van der Waals surface area (Å²) in [4.78, 5) is 38.3. The third kappa shape index (κ3) is 59.0. The maximum absolute atomic E-state index is 12.9. The van der Waals surface area contributed by atoms with Crippen LogP contribution in [0, 0.1) is 0 Å². The van der Waals surface area contributed by atoms with Gasteiger partial charge in [0, 0.05) is 19.3 Å². The molecule has 0 spiro atoms. The number of rotatable bonds is 55. The SMILES string of the molecule is CC/C=C\C/C=C\C/C=C\C/C=C\C/C=C\C/C=C\CCCCCCC(=O)OCC(COC(=O)CCCCCCCCCCCCCCCC)OC(=O)CCCCCCCC/C=C\C/C=C\C/C=C\CCCCC. The van der Waals surface area contributed by atoms with Gasteiger partial charge < -0.3 is 14.2 Å². The van der Waals surface area contributed by atoms with E-state index in [1.54, 1.807) is 0 Å². The Morgan fingerprint density at radius 1 is 0.284 bits per heavy atom. The van der Waals surface area contributed by atoms with Gasteiger partial charge in [-0.05, 0) is 109 Å². The van der Waals surface area contributed by atoms with Gasteiger partial charge in [-0.2, -0.15) is 0 Å². The maximum atomic E-state index is 12.9. The highest BCUT2D eigenvalue weighted by molar-refractivity contribution is 5.71. The lowest BCUT2D eigenvalue weighted by molar-refractivity contribution is -0.167. The van der Waals surface area contributed by atoms with Crippen LogP contribution in [0.2, 0.25) is 0 Å². The van der Waals surface area contributed by atoms with E-state index in [0.717, 1.165) is 135 Å². The highest BCUT2D eigenvalue weighted by Crippen LogP contribution is 2.15. The van der Waals surface area contributed by atoms with Crippen LogP contribution in [0.4, 0.5) is 0 Å². The molecule has 0 aliphatic heterocycles. The summed E-state index contributed by atoms with van der Waals surface area (Å²) in [7, 11) is 0. The zero-order valence-electron chi connectivity index (χ0n) is 48.3. The van der Waals surface area contributed by atoms with Crippen LogP contribution < -0.4 is 0 Å². The molecular weight excluding hydrogens is 913 g/mol. The summed E-state index contributed by atoms with van der Waals surface area (Å²) in [6.45, 7) is 6.48. The van der Waals surface area contributed by atoms with Crippen LogP contribution in [-0.4, -0.2) is 37.2 Å². The molecule has 6 nitrogen and oxygen atoms in total. The first-order chi connectivity index (χ1) is 36.5. The second-order valence-electron chi connectivity index (χ2n) is 20.2. The van der Waals surface area contributed by atoms with Crippen molar-refractivity contribution >= 4 is 17.9 Å². The molecular formula is C68H114O6. The number of carbonyl (C=O) groups is 3. The fraction of sp³-hybridized carbons (Fsp3) is 0.691. The quantitative estimate of drug-likeness (QED) is 0.0261. The lowest BCUT2D eigenvalue weighted by Crippen LogP contribution is -2.30. The molecule has 0 aliphatic carbocycles. The molecule has 0 rings (SSSR count). The Labute approximate surface area is 457 Å². The Kier molecular flexibility index (Phi) is 58.3. The number of hydrogen-bond donors (Lipinski definition) is 0. The van der Waals surface area contributed by atoms with Gasteiger partial charge in [0.25, 0.3) is 0 Å². The first-order valence-electron chi connectivity index (χ1n) is 30.9. The molecule has 0 aromatic rings. The minimum absolute atomic E-state index is 0.0909. The van der Waals surface area contributed by atoms with Crippen LogP contribution in [0.25, 0.3) is 0 Å². The first kappa shape index (κ1) is 70.1. The molecule has 0 fully saturated rings. The monoisotopic (exact) mass is 1030 g/mol. The molecule has 0 aromatic carbocycles. The average molecular weight is 1030 g/mol. The van der Waals surface area contributed by atoms with Crippen molar-refractivity contribution in [2.24, 2.45) is 0 Å². The van der Waals surface area contributed by atoms with Gasteiger partial charge in [-0.1, -0.05) is 265 Å². The lowest BCUT2D eigenvalue weighted by atomic mass is 10.0. The van der Waals surface area contributed by atoms with Crippen molar-refractivity contribution in [3.63, 3.8) is 0 Å². The topological polar surface area (TPSA) is 78.9 Å². The van der Waals surface area contributed by atoms with E-state index in [2.05, 4.69) is 130 Å². The summed E-state index contributed by atoms with van der Waals surface area (Å²) in [5.74, 6) is -0.923. The minimum atomic E-state index is -0.797. The molecule has 0 saturated heterocycles. The molecule has 1 unspecified atom stereocenters. The lowest BCUT2D eigenvalue weighted by Gasteiger charge is -2.18. The number of allylic oxidation sites excluding steroid dienone is 18. The van der Waals surface area contributed by atoms with Crippen LogP contribution in [-0.2, 0) is 28.6 Å². The van der Waals surface area contributed by atoms with Crippen molar-refractivity contribution in [3.8, 4) is 0 Å². The van der Waals surface area contributed by atoms with Crippen molar-refractivity contribution < 1.29 is 28.6 Å². The van der Waals surface area contributed by atoms with Crippen molar-refractivity contribution in [1.29, 1.82) is 0 Å². The van der Waals surface area contributed by atoms with Crippen LogP contribution in [0.15, 0.2) is 109 Å². The highest BCUT2D eigenvalue weighted by Gasteiger charge is 2.19. The fourth-order valence-corrected chi connectivity index (χ4v) is 8.39. The van der Waals surface area contributed by atoms with E-state index in [1.807, 2.05) is 0 Å². The van der Waals surface area contributed by atoms with Crippen molar-refractivity contribution in [2.45, 2.75) is 290 Å². The molecule has 0 heterocycles. The number of unbranched alkanes of at least 4 members (excludes halogenated alkanes) is 26. The summed E-state index contributed by atoms with van der Waals surface area (Å²) >= 11 is 0. The Morgan fingerprint density at radius 2 is 0.527 bits per heavy atom. The second-order valence-corrected chi connectivity index (χ2v) is 20.2. The van der Waals surface area contributed by atoms with Crippen molar-refractivity contribution in [2.75, 3.05) is 13.2 Å². The second kappa shape index (κ2) is 61.6. The van der Waals surface area contributed by atoms with Crippen molar-refractivity contribution in [1.82, 2.24) is 0 Å². The first-order valence-corrected chi connectivity index (χ1v) is 30.9. The summed E-state index contributed by atoms with van der Waals surface area (Å²) in [5, 5.41) is 0. The zero-order valence-corrected chi connectivity index (χ0v) is 48.3. The molecule has 74 heavy (non-hydrogen) atoms. The van der Waals surface area contributed by atoms with E-state index >= 15 is 0 Å². The van der Waals surface area contributed by atoms with Crippen LogP contribution >= 0.6 is 0 Å². The number of esters is 3. The van der Waals surface area contributed by atoms with Gasteiger partial charge in [0.05, 0.1) is 0 Å². The molecule has 0 aliphatic rings.